The molecule has 0 fully saturated rings. The molecule has 0 heterocycles. The first-order valence-electron chi connectivity index (χ1n) is 11.2. The third kappa shape index (κ3) is 8.50. The maximum absolute atomic E-state index is 12.3. The van der Waals surface area contributed by atoms with Crippen LogP contribution in [0.4, 0.5) is 11.4 Å². The molecular weight excluding hydrogens is 430 g/mol. The molecule has 7 nitrogen and oxygen atoms in total. The molecule has 3 rings (SSSR count). The van der Waals surface area contributed by atoms with Crippen molar-refractivity contribution in [2.24, 2.45) is 0 Å². The van der Waals surface area contributed by atoms with Gasteiger partial charge in [0.15, 0.2) is 0 Å². The molecule has 34 heavy (non-hydrogen) atoms. The van der Waals surface area contributed by atoms with Crippen LogP contribution in [-0.4, -0.2) is 50.6 Å². The Bertz CT molecular complexity index is 1050. The normalized spacial score (nSPS) is 10.3. The third-order valence-corrected chi connectivity index (χ3v) is 5.01. The number of benzene rings is 3. The van der Waals surface area contributed by atoms with Crippen LogP contribution < -0.4 is 20.1 Å². The highest BCUT2D eigenvalue weighted by molar-refractivity contribution is 5.93. The molecule has 0 atom stereocenters. The lowest BCUT2D eigenvalue weighted by molar-refractivity contribution is -0.128. The van der Waals surface area contributed by atoms with Gasteiger partial charge in [-0.3, -0.25) is 9.59 Å². The number of para-hydroxylation sites is 1. The molecule has 0 aliphatic carbocycles. The lowest BCUT2D eigenvalue weighted by Crippen LogP contribution is -2.22. The van der Waals surface area contributed by atoms with Crippen molar-refractivity contribution in [1.82, 2.24) is 4.90 Å². The number of hydrogen-bond acceptors (Lipinski definition) is 5. The van der Waals surface area contributed by atoms with Crippen molar-refractivity contribution >= 4 is 23.2 Å². The quantitative estimate of drug-likeness (QED) is 0.395. The van der Waals surface area contributed by atoms with Crippen LogP contribution in [0.25, 0.3) is 0 Å². The van der Waals surface area contributed by atoms with Gasteiger partial charge in [-0.15, -0.1) is 0 Å². The molecule has 2 N–H and O–H groups in total. The van der Waals surface area contributed by atoms with E-state index in [0.717, 1.165) is 17.0 Å². The number of carbonyl (C=O) groups is 2. The van der Waals surface area contributed by atoms with Crippen LogP contribution in [0.5, 0.6) is 11.5 Å². The number of carbonyl (C=O) groups excluding carboxylic acids is 2. The summed E-state index contributed by atoms with van der Waals surface area (Å²) in [6.45, 7) is 1.00. The smallest absolute Gasteiger partial charge is 0.243 e. The maximum atomic E-state index is 12.3. The highest BCUT2D eigenvalue weighted by atomic mass is 16.5. The first kappa shape index (κ1) is 24.6. The fourth-order valence-electron chi connectivity index (χ4n) is 3.17. The van der Waals surface area contributed by atoms with E-state index in [2.05, 4.69) is 10.6 Å². The predicted molar refractivity (Wildman–Crippen MR) is 134 cm³/mol. The van der Waals surface area contributed by atoms with Gasteiger partial charge in [0.05, 0.1) is 6.54 Å². The molecule has 0 saturated carbocycles. The second kappa shape index (κ2) is 12.9. The monoisotopic (exact) mass is 461 g/mol. The molecule has 7 heteroatoms. The van der Waals surface area contributed by atoms with Crippen LogP contribution in [0.15, 0.2) is 78.9 Å². The van der Waals surface area contributed by atoms with Gasteiger partial charge in [0.2, 0.25) is 11.8 Å². The Morgan fingerprint density at radius 2 is 1.47 bits per heavy atom. The second-order valence-corrected chi connectivity index (χ2v) is 7.92. The van der Waals surface area contributed by atoms with Gasteiger partial charge >= 0.3 is 0 Å². The van der Waals surface area contributed by atoms with Crippen molar-refractivity contribution < 1.29 is 19.1 Å². The number of aryl methyl sites for hydroxylation is 1. The zero-order chi connectivity index (χ0) is 24.2. The SMILES string of the molecule is CN(C)C(=O)CCc1cccc(NCC(=O)Nc2ccc(OCCOc3ccccc3)cc2)c1. The summed E-state index contributed by atoms with van der Waals surface area (Å²) in [5, 5.41) is 5.99. The number of amides is 2. The highest BCUT2D eigenvalue weighted by Gasteiger charge is 2.06. The first-order chi connectivity index (χ1) is 16.5. The summed E-state index contributed by atoms with van der Waals surface area (Å²) in [7, 11) is 3.50. The minimum Gasteiger partial charge on any atom is -0.490 e. The van der Waals surface area contributed by atoms with Crippen molar-refractivity contribution in [2.75, 3.05) is 44.5 Å². The standard InChI is InChI=1S/C27H31N3O4/c1-30(2)27(32)16-11-21-7-6-8-23(19-21)28-20-26(31)29-22-12-14-25(15-13-22)34-18-17-33-24-9-4-3-5-10-24/h3-10,12-15,19,28H,11,16-18,20H2,1-2H3,(H,29,31). The number of hydrogen-bond donors (Lipinski definition) is 2. The van der Waals surface area contributed by atoms with Crippen molar-refractivity contribution in [2.45, 2.75) is 12.8 Å². The Kier molecular flexibility index (Phi) is 9.34. The molecular formula is C27H31N3O4. The number of rotatable bonds is 12. The van der Waals surface area contributed by atoms with E-state index < -0.39 is 0 Å². The third-order valence-electron chi connectivity index (χ3n) is 5.01. The fourth-order valence-corrected chi connectivity index (χ4v) is 3.17. The van der Waals surface area contributed by atoms with Crippen LogP contribution >= 0.6 is 0 Å². The predicted octanol–water partition coefficient (Wildman–Crippen LogP) is 4.22. The van der Waals surface area contributed by atoms with Crippen molar-refractivity contribution in [1.29, 1.82) is 0 Å². The largest absolute Gasteiger partial charge is 0.490 e. The molecule has 0 aliphatic rings. The van der Waals surface area contributed by atoms with Crippen LogP contribution in [0.1, 0.15) is 12.0 Å². The first-order valence-corrected chi connectivity index (χ1v) is 11.2. The Morgan fingerprint density at radius 1 is 0.794 bits per heavy atom. The van der Waals surface area contributed by atoms with Crippen LogP contribution in [-0.2, 0) is 16.0 Å². The van der Waals surface area contributed by atoms with Gasteiger partial charge < -0.3 is 25.0 Å². The van der Waals surface area contributed by atoms with Crippen molar-refractivity contribution in [3.63, 3.8) is 0 Å². The fraction of sp³-hybridized carbons (Fsp3) is 0.259. The van der Waals surface area contributed by atoms with Gasteiger partial charge in [-0.25, -0.2) is 0 Å². The maximum Gasteiger partial charge on any atom is 0.243 e. The average molecular weight is 462 g/mol. The van der Waals surface area contributed by atoms with Crippen molar-refractivity contribution in [3.8, 4) is 11.5 Å². The summed E-state index contributed by atoms with van der Waals surface area (Å²) >= 11 is 0. The molecule has 2 amide bonds. The minimum atomic E-state index is -0.155. The van der Waals surface area contributed by atoms with Crippen LogP contribution in [0.2, 0.25) is 0 Å². The van der Waals surface area contributed by atoms with E-state index in [4.69, 9.17) is 9.47 Å². The van der Waals surface area contributed by atoms with E-state index in [1.165, 1.54) is 0 Å². The summed E-state index contributed by atoms with van der Waals surface area (Å²) in [6.07, 6.45) is 1.11. The molecule has 0 spiro atoms. The lowest BCUT2D eigenvalue weighted by Gasteiger charge is -2.12. The van der Waals surface area contributed by atoms with E-state index in [1.54, 1.807) is 31.1 Å². The minimum absolute atomic E-state index is 0.0923. The van der Waals surface area contributed by atoms with E-state index in [0.29, 0.717) is 37.5 Å². The highest BCUT2D eigenvalue weighted by Crippen LogP contribution is 2.17. The molecule has 3 aromatic rings. The van der Waals surface area contributed by atoms with E-state index >= 15 is 0 Å². The Hall–Kier alpha value is -4.00. The second-order valence-electron chi connectivity index (χ2n) is 7.92. The molecule has 0 radical (unpaired) electrons. The lowest BCUT2D eigenvalue weighted by atomic mass is 10.1. The molecule has 178 valence electrons. The molecule has 0 aromatic heterocycles. The Balaban J connectivity index is 1.37. The molecule has 0 unspecified atom stereocenters. The van der Waals surface area contributed by atoms with E-state index in [9.17, 15) is 9.59 Å². The van der Waals surface area contributed by atoms with Gasteiger partial charge in [0.25, 0.3) is 0 Å². The van der Waals surface area contributed by atoms with Crippen LogP contribution in [0, 0.1) is 0 Å². The Labute approximate surface area is 200 Å². The van der Waals surface area contributed by atoms with Gasteiger partial charge in [-0.05, 0) is 60.5 Å². The Morgan fingerprint density at radius 3 is 2.15 bits per heavy atom. The van der Waals surface area contributed by atoms with E-state index in [1.807, 2.05) is 66.7 Å². The molecule has 0 bridgehead atoms. The van der Waals surface area contributed by atoms with Gasteiger partial charge in [0.1, 0.15) is 24.7 Å². The molecule has 0 saturated heterocycles. The zero-order valence-electron chi connectivity index (χ0n) is 19.6. The topological polar surface area (TPSA) is 79.9 Å². The van der Waals surface area contributed by atoms with Gasteiger partial charge in [0, 0.05) is 31.9 Å². The number of nitrogens with one attached hydrogen (secondary N) is 2. The number of nitrogens with zero attached hydrogens (tertiary/aromatic N) is 1. The summed E-state index contributed by atoms with van der Waals surface area (Å²) in [5.74, 6) is 1.45. The summed E-state index contributed by atoms with van der Waals surface area (Å²) in [4.78, 5) is 25.7. The summed E-state index contributed by atoms with van der Waals surface area (Å²) in [5.41, 5.74) is 2.58. The summed E-state index contributed by atoms with van der Waals surface area (Å²) < 4.78 is 11.3. The zero-order valence-corrected chi connectivity index (χ0v) is 19.6. The van der Waals surface area contributed by atoms with Crippen LogP contribution in [0.3, 0.4) is 0 Å². The summed E-state index contributed by atoms with van der Waals surface area (Å²) in [6, 6.07) is 24.6. The van der Waals surface area contributed by atoms with Gasteiger partial charge in [-0.1, -0.05) is 30.3 Å². The number of ether oxygens (including phenoxy) is 2. The molecule has 0 aliphatic heterocycles. The van der Waals surface area contributed by atoms with E-state index in [-0.39, 0.29) is 18.4 Å². The van der Waals surface area contributed by atoms with Crippen molar-refractivity contribution in [3.05, 3.63) is 84.4 Å². The average Bonchev–Trinajstić information content (AvgIpc) is 2.86. The van der Waals surface area contributed by atoms with Gasteiger partial charge in [-0.2, -0.15) is 0 Å². The number of anilines is 2. The molecule has 3 aromatic carbocycles.